The molecular formula is C15H13Br2N3O. The molecule has 0 saturated carbocycles. The molecule has 2 aromatic carbocycles. The van der Waals surface area contributed by atoms with E-state index in [4.69, 9.17) is 5.73 Å². The molecule has 0 radical (unpaired) electrons. The molecule has 4 nitrogen and oxygen atoms in total. The van der Waals surface area contributed by atoms with Gasteiger partial charge in [0.1, 0.15) is 5.82 Å². The Labute approximate surface area is 138 Å². The monoisotopic (exact) mass is 409 g/mol. The van der Waals surface area contributed by atoms with E-state index < -0.39 is 0 Å². The minimum absolute atomic E-state index is 0.0441. The Balaban J connectivity index is 2.32. The molecule has 0 fully saturated rings. The number of nitrogens with zero attached hydrogens (tertiary/aromatic N) is 2. The van der Waals surface area contributed by atoms with Gasteiger partial charge in [-0.25, -0.2) is 4.98 Å². The number of hydrogen-bond donors (Lipinski definition) is 2. The highest BCUT2D eigenvalue weighted by atomic mass is 79.9. The second kappa shape index (κ2) is 5.79. The number of anilines is 1. The fourth-order valence-electron chi connectivity index (χ4n) is 2.38. The van der Waals surface area contributed by atoms with E-state index in [-0.39, 0.29) is 6.61 Å². The minimum atomic E-state index is 0.0441. The van der Waals surface area contributed by atoms with Crippen LogP contribution in [0.25, 0.3) is 22.4 Å². The first-order valence-electron chi connectivity index (χ1n) is 6.43. The third-order valence-corrected chi connectivity index (χ3v) is 4.43. The van der Waals surface area contributed by atoms with E-state index in [0.29, 0.717) is 12.2 Å². The Morgan fingerprint density at radius 1 is 1.19 bits per heavy atom. The van der Waals surface area contributed by atoms with Crippen molar-refractivity contribution in [2.24, 2.45) is 0 Å². The molecule has 3 rings (SSSR count). The standard InChI is InChI=1S/C15H13Br2N3O/c16-9-7-10(14(18)11(17)8-9)15-19-12-3-1-2-4-13(12)20(15)5-6-21/h1-4,7-8,21H,5-6,18H2. The zero-order valence-corrected chi connectivity index (χ0v) is 14.2. The number of aromatic nitrogens is 2. The Bertz CT molecular complexity index is 814. The molecule has 6 heteroatoms. The molecule has 21 heavy (non-hydrogen) atoms. The van der Waals surface area contributed by atoms with Gasteiger partial charge in [0.15, 0.2) is 0 Å². The van der Waals surface area contributed by atoms with Crippen LogP contribution in [0.15, 0.2) is 45.3 Å². The Morgan fingerprint density at radius 3 is 2.71 bits per heavy atom. The van der Waals surface area contributed by atoms with E-state index in [9.17, 15) is 5.11 Å². The van der Waals surface area contributed by atoms with Gasteiger partial charge in [-0.1, -0.05) is 28.1 Å². The summed E-state index contributed by atoms with van der Waals surface area (Å²) in [5.74, 6) is 0.754. The van der Waals surface area contributed by atoms with Crippen LogP contribution in [0.4, 0.5) is 5.69 Å². The van der Waals surface area contributed by atoms with E-state index in [1.807, 2.05) is 41.0 Å². The average molecular weight is 411 g/mol. The highest BCUT2D eigenvalue weighted by molar-refractivity contribution is 9.11. The van der Waals surface area contributed by atoms with Gasteiger partial charge in [0.25, 0.3) is 0 Å². The molecule has 1 aromatic heterocycles. The van der Waals surface area contributed by atoms with Crippen LogP contribution in [-0.4, -0.2) is 21.3 Å². The number of aliphatic hydroxyl groups is 1. The lowest BCUT2D eigenvalue weighted by molar-refractivity contribution is 0.278. The molecule has 1 heterocycles. The van der Waals surface area contributed by atoms with Gasteiger partial charge in [0, 0.05) is 21.1 Å². The minimum Gasteiger partial charge on any atom is -0.397 e. The number of imidazole rings is 1. The number of nitrogens with two attached hydrogens (primary N) is 1. The molecule has 3 N–H and O–H groups in total. The second-order valence-corrected chi connectivity index (χ2v) is 6.42. The first kappa shape index (κ1) is 14.6. The lowest BCUT2D eigenvalue weighted by atomic mass is 10.1. The van der Waals surface area contributed by atoms with Gasteiger partial charge in [0.2, 0.25) is 0 Å². The predicted octanol–water partition coefficient (Wildman–Crippen LogP) is 3.80. The number of rotatable bonds is 3. The highest BCUT2D eigenvalue weighted by Gasteiger charge is 2.16. The Hall–Kier alpha value is -1.37. The molecule has 0 bridgehead atoms. The van der Waals surface area contributed by atoms with Crippen molar-refractivity contribution in [1.82, 2.24) is 9.55 Å². The SMILES string of the molecule is Nc1c(Br)cc(Br)cc1-c1nc2ccccc2n1CCO. The topological polar surface area (TPSA) is 64.1 Å². The molecule has 3 aromatic rings. The predicted molar refractivity (Wildman–Crippen MR) is 92.1 cm³/mol. The number of aliphatic hydroxyl groups excluding tert-OH is 1. The van der Waals surface area contributed by atoms with Crippen molar-refractivity contribution in [3.8, 4) is 11.4 Å². The van der Waals surface area contributed by atoms with Crippen molar-refractivity contribution in [2.75, 3.05) is 12.3 Å². The number of para-hydroxylation sites is 2. The maximum Gasteiger partial charge on any atom is 0.143 e. The highest BCUT2D eigenvalue weighted by Crippen LogP contribution is 2.36. The normalized spacial score (nSPS) is 11.2. The fraction of sp³-hybridized carbons (Fsp3) is 0.133. The molecule has 0 aliphatic rings. The summed E-state index contributed by atoms with van der Waals surface area (Å²) in [5.41, 5.74) is 9.52. The van der Waals surface area contributed by atoms with E-state index in [0.717, 1.165) is 31.4 Å². The summed E-state index contributed by atoms with van der Waals surface area (Å²) in [4.78, 5) is 4.67. The van der Waals surface area contributed by atoms with Crippen LogP contribution in [0.1, 0.15) is 0 Å². The zero-order valence-electron chi connectivity index (χ0n) is 11.1. The van der Waals surface area contributed by atoms with Crippen LogP contribution in [0.5, 0.6) is 0 Å². The van der Waals surface area contributed by atoms with Crippen LogP contribution >= 0.6 is 31.9 Å². The molecule has 108 valence electrons. The van der Waals surface area contributed by atoms with E-state index in [1.165, 1.54) is 0 Å². The molecule has 0 aliphatic carbocycles. The summed E-state index contributed by atoms with van der Waals surface area (Å²) in [7, 11) is 0. The maximum atomic E-state index is 9.35. The van der Waals surface area contributed by atoms with Crippen LogP contribution in [0, 0.1) is 0 Å². The summed E-state index contributed by atoms with van der Waals surface area (Å²) in [6, 6.07) is 11.7. The van der Waals surface area contributed by atoms with Crippen LogP contribution in [-0.2, 0) is 6.54 Å². The first-order valence-corrected chi connectivity index (χ1v) is 8.01. The molecule has 0 spiro atoms. The Kier molecular flexibility index (Phi) is 4.01. The van der Waals surface area contributed by atoms with Gasteiger partial charge in [-0.15, -0.1) is 0 Å². The van der Waals surface area contributed by atoms with Gasteiger partial charge >= 0.3 is 0 Å². The second-order valence-electron chi connectivity index (χ2n) is 4.65. The van der Waals surface area contributed by atoms with Gasteiger partial charge < -0.3 is 15.4 Å². The molecule has 0 amide bonds. The van der Waals surface area contributed by atoms with Gasteiger partial charge in [-0.2, -0.15) is 0 Å². The number of fused-ring (bicyclic) bond motifs is 1. The number of halogens is 2. The smallest absolute Gasteiger partial charge is 0.143 e. The van der Waals surface area contributed by atoms with Gasteiger partial charge in [-0.05, 0) is 40.2 Å². The summed E-state index contributed by atoms with van der Waals surface area (Å²) in [5, 5.41) is 9.35. The average Bonchev–Trinajstić information content (AvgIpc) is 2.82. The van der Waals surface area contributed by atoms with E-state index in [1.54, 1.807) is 0 Å². The van der Waals surface area contributed by atoms with E-state index in [2.05, 4.69) is 36.8 Å². The third-order valence-electron chi connectivity index (χ3n) is 3.31. The maximum absolute atomic E-state index is 9.35. The quantitative estimate of drug-likeness (QED) is 0.645. The fourth-order valence-corrected chi connectivity index (χ4v) is 3.60. The molecule has 0 saturated heterocycles. The summed E-state index contributed by atoms with van der Waals surface area (Å²) < 4.78 is 3.72. The molecule has 0 atom stereocenters. The van der Waals surface area contributed by atoms with Crippen LogP contribution < -0.4 is 5.73 Å². The number of nitrogen functional groups attached to an aromatic ring is 1. The first-order chi connectivity index (χ1) is 10.1. The summed E-state index contributed by atoms with van der Waals surface area (Å²) in [6.07, 6.45) is 0. The zero-order chi connectivity index (χ0) is 15.0. The van der Waals surface area contributed by atoms with Gasteiger partial charge in [0.05, 0.1) is 23.3 Å². The number of hydrogen-bond acceptors (Lipinski definition) is 3. The van der Waals surface area contributed by atoms with Crippen molar-refractivity contribution in [3.63, 3.8) is 0 Å². The van der Waals surface area contributed by atoms with Crippen molar-refractivity contribution in [2.45, 2.75) is 6.54 Å². The number of benzene rings is 2. The van der Waals surface area contributed by atoms with Crippen LogP contribution in [0.2, 0.25) is 0 Å². The molecule has 0 unspecified atom stereocenters. The van der Waals surface area contributed by atoms with E-state index >= 15 is 0 Å². The van der Waals surface area contributed by atoms with Crippen molar-refractivity contribution < 1.29 is 5.11 Å². The lowest BCUT2D eigenvalue weighted by Crippen LogP contribution is -2.05. The Morgan fingerprint density at radius 2 is 1.95 bits per heavy atom. The van der Waals surface area contributed by atoms with Crippen molar-refractivity contribution >= 4 is 48.6 Å². The lowest BCUT2D eigenvalue weighted by Gasteiger charge is -2.11. The summed E-state index contributed by atoms with van der Waals surface area (Å²) in [6.45, 7) is 0.516. The molecular weight excluding hydrogens is 398 g/mol. The third kappa shape index (κ3) is 2.59. The van der Waals surface area contributed by atoms with Crippen molar-refractivity contribution in [3.05, 3.63) is 45.3 Å². The largest absolute Gasteiger partial charge is 0.397 e. The summed E-state index contributed by atoms with van der Waals surface area (Å²) >= 11 is 6.94. The van der Waals surface area contributed by atoms with Crippen LogP contribution in [0.3, 0.4) is 0 Å². The van der Waals surface area contributed by atoms with Gasteiger partial charge in [-0.3, -0.25) is 0 Å². The molecule has 0 aliphatic heterocycles. The van der Waals surface area contributed by atoms with Crippen molar-refractivity contribution in [1.29, 1.82) is 0 Å².